The van der Waals surface area contributed by atoms with Gasteiger partial charge in [-0.15, -0.1) is 0 Å². The normalized spacial score (nSPS) is 29.6. The van der Waals surface area contributed by atoms with Crippen LogP contribution in [0.1, 0.15) is 26.5 Å². The number of hydrogen-bond acceptors (Lipinski definition) is 4. The Balaban J connectivity index is 2.48. The number of aromatic nitrogens is 2. The predicted octanol–water partition coefficient (Wildman–Crippen LogP) is 1.54. The van der Waals surface area contributed by atoms with Gasteiger partial charge in [-0.2, -0.15) is 4.98 Å². The molecule has 2 rings (SSSR count). The molecule has 0 saturated carbocycles. The Morgan fingerprint density at radius 3 is 2.74 bits per heavy atom. The zero-order chi connectivity index (χ0) is 14.4. The highest BCUT2D eigenvalue weighted by molar-refractivity contribution is 5.26. The van der Waals surface area contributed by atoms with Gasteiger partial charge < -0.3 is 10.5 Å². The number of hydrogen-bond donors (Lipinski definition) is 1. The number of ether oxygens (including phenoxy) is 1. The van der Waals surface area contributed by atoms with E-state index in [0.717, 1.165) is 0 Å². The van der Waals surface area contributed by atoms with Gasteiger partial charge in [-0.3, -0.25) is 4.57 Å². The van der Waals surface area contributed by atoms with E-state index in [1.54, 1.807) is 6.92 Å². The van der Waals surface area contributed by atoms with E-state index in [4.69, 9.17) is 10.5 Å². The Bertz CT molecular complexity index is 546. The average Bonchev–Trinajstić information content (AvgIpc) is 2.56. The molecule has 1 aliphatic rings. The van der Waals surface area contributed by atoms with Crippen molar-refractivity contribution in [3.63, 3.8) is 0 Å². The molecule has 1 saturated heterocycles. The summed E-state index contributed by atoms with van der Waals surface area (Å²) in [6.07, 6.45) is -1.59. The standard InChI is InChI=1S/C11H14F3N3O2/c1-3-7-5(2)11(13,14)9(19-7)17-4-6(12)8(15)16-10(17)18/h4-5,7,9H,3H2,1-2H3,(H2,15,16,18)/t5-,7-,9-/m1/s1. The van der Waals surface area contributed by atoms with Crippen molar-refractivity contribution < 1.29 is 17.9 Å². The number of alkyl halides is 2. The number of anilines is 1. The summed E-state index contributed by atoms with van der Waals surface area (Å²) >= 11 is 0. The van der Waals surface area contributed by atoms with E-state index in [1.807, 2.05) is 0 Å². The first kappa shape index (κ1) is 13.9. The molecule has 1 aromatic rings. The molecule has 8 heteroatoms. The molecule has 0 bridgehead atoms. The molecule has 19 heavy (non-hydrogen) atoms. The van der Waals surface area contributed by atoms with Crippen LogP contribution in [0.4, 0.5) is 19.0 Å². The highest BCUT2D eigenvalue weighted by Crippen LogP contribution is 2.47. The van der Waals surface area contributed by atoms with E-state index in [-0.39, 0.29) is 0 Å². The second kappa shape index (κ2) is 4.52. The Morgan fingerprint density at radius 1 is 1.58 bits per heavy atom. The second-order valence-corrected chi connectivity index (χ2v) is 4.56. The number of nitrogens with zero attached hydrogens (tertiary/aromatic N) is 2. The van der Waals surface area contributed by atoms with Crippen LogP contribution < -0.4 is 11.4 Å². The van der Waals surface area contributed by atoms with E-state index in [1.165, 1.54) is 6.92 Å². The minimum Gasteiger partial charge on any atom is -0.381 e. The van der Waals surface area contributed by atoms with Crippen molar-refractivity contribution >= 4 is 5.82 Å². The summed E-state index contributed by atoms with van der Waals surface area (Å²) in [5.41, 5.74) is 4.05. The van der Waals surface area contributed by atoms with Gasteiger partial charge in [0.05, 0.1) is 18.2 Å². The van der Waals surface area contributed by atoms with Crippen LogP contribution in [0.25, 0.3) is 0 Å². The Labute approximate surface area is 107 Å². The molecule has 3 atom stereocenters. The molecular formula is C11H14F3N3O2. The summed E-state index contributed by atoms with van der Waals surface area (Å²) in [4.78, 5) is 14.7. The molecule has 1 fully saturated rings. The average molecular weight is 277 g/mol. The SMILES string of the molecule is CC[C@H]1O[C@@H](n2cc(F)c(N)nc2=O)C(F)(F)[C@@H]1C. The van der Waals surface area contributed by atoms with E-state index >= 15 is 0 Å². The fourth-order valence-electron chi connectivity index (χ4n) is 2.17. The van der Waals surface area contributed by atoms with Crippen molar-refractivity contribution in [3.05, 3.63) is 22.5 Å². The van der Waals surface area contributed by atoms with Crippen molar-refractivity contribution in [3.8, 4) is 0 Å². The number of nitrogen functional groups attached to an aromatic ring is 1. The highest BCUT2D eigenvalue weighted by atomic mass is 19.3. The Kier molecular flexibility index (Phi) is 3.29. The van der Waals surface area contributed by atoms with Gasteiger partial charge in [-0.05, 0) is 6.42 Å². The van der Waals surface area contributed by atoms with Crippen LogP contribution in [0, 0.1) is 11.7 Å². The van der Waals surface area contributed by atoms with Gasteiger partial charge in [-0.25, -0.2) is 18.0 Å². The summed E-state index contributed by atoms with van der Waals surface area (Å²) in [7, 11) is 0. The van der Waals surface area contributed by atoms with Crippen LogP contribution in [0.3, 0.4) is 0 Å². The third-order valence-electron chi connectivity index (χ3n) is 3.39. The van der Waals surface area contributed by atoms with Crippen LogP contribution in [0.2, 0.25) is 0 Å². The maximum Gasteiger partial charge on any atom is 0.352 e. The summed E-state index contributed by atoms with van der Waals surface area (Å²) in [5.74, 6) is -6.02. The molecule has 0 unspecified atom stereocenters. The molecule has 0 aliphatic carbocycles. The van der Waals surface area contributed by atoms with Crippen molar-refractivity contribution in [2.24, 2.45) is 5.92 Å². The Hall–Kier alpha value is -1.57. The van der Waals surface area contributed by atoms with Crippen LogP contribution in [-0.2, 0) is 4.74 Å². The zero-order valence-electron chi connectivity index (χ0n) is 10.4. The summed E-state index contributed by atoms with van der Waals surface area (Å²) in [5, 5.41) is 0. The lowest BCUT2D eigenvalue weighted by molar-refractivity contribution is -0.125. The van der Waals surface area contributed by atoms with Gasteiger partial charge in [-0.1, -0.05) is 13.8 Å². The lowest BCUT2D eigenvalue weighted by atomic mass is 9.98. The van der Waals surface area contributed by atoms with Crippen molar-refractivity contribution in [1.82, 2.24) is 9.55 Å². The zero-order valence-corrected chi connectivity index (χ0v) is 10.4. The smallest absolute Gasteiger partial charge is 0.352 e. The van der Waals surface area contributed by atoms with Crippen molar-refractivity contribution in [1.29, 1.82) is 0 Å². The lowest BCUT2D eigenvalue weighted by Crippen LogP contribution is -2.38. The minimum atomic E-state index is -3.28. The molecule has 0 spiro atoms. The molecule has 1 aromatic heterocycles. The molecular weight excluding hydrogens is 263 g/mol. The number of rotatable bonds is 2. The van der Waals surface area contributed by atoms with E-state index in [0.29, 0.717) is 17.2 Å². The molecule has 0 aromatic carbocycles. The van der Waals surface area contributed by atoms with Gasteiger partial charge in [0.1, 0.15) is 0 Å². The topological polar surface area (TPSA) is 70.1 Å². The first-order valence-corrected chi connectivity index (χ1v) is 5.86. The van der Waals surface area contributed by atoms with E-state index < -0.39 is 41.5 Å². The van der Waals surface area contributed by atoms with Crippen LogP contribution >= 0.6 is 0 Å². The number of halogens is 3. The fourth-order valence-corrected chi connectivity index (χ4v) is 2.17. The highest BCUT2D eigenvalue weighted by Gasteiger charge is 2.57. The van der Waals surface area contributed by atoms with Crippen LogP contribution in [0.5, 0.6) is 0 Å². The maximum atomic E-state index is 14.1. The molecule has 0 amide bonds. The quantitative estimate of drug-likeness (QED) is 0.890. The van der Waals surface area contributed by atoms with Crippen LogP contribution in [0.15, 0.2) is 11.0 Å². The predicted molar refractivity (Wildman–Crippen MR) is 61.2 cm³/mol. The van der Waals surface area contributed by atoms with Gasteiger partial charge in [0.15, 0.2) is 11.6 Å². The van der Waals surface area contributed by atoms with E-state index in [2.05, 4.69) is 4.98 Å². The molecule has 5 nitrogen and oxygen atoms in total. The van der Waals surface area contributed by atoms with Crippen molar-refractivity contribution in [2.45, 2.75) is 38.5 Å². The Morgan fingerprint density at radius 2 is 2.21 bits per heavy atom. The van der Waals surface area contributed by atoms with E-state index in [9.17, 15) is 18.0 Å². The largest absolute Gasteiger partial charge is 0.381 e. The maximum absolute atomic E-state index is 14.1. The monoisotopic (exact) mass is 277 g/mol. The molecule has 2 heterocycles. The fraction of sp³-hybridized carbons (Fsp3) is 0.636. The van der Waals surface area contributed by atoms with Crippen molar-refractivity contribution in [2.75, 3.05) is 5.73 Å². The molecule has 0 radical (unpaired) electrons. The first-order chi connectivity index (χ1) is 8.78. The van der Waals surface area contributed by atoms with Gasteiger partial charge in [0, 0.05) is 0 Å². The van der Waals surface area contributed by atoms with Gasteiger partial charge in [0.25, 0.3) is 5.92 Å². The molecule has 2 N–H and O–H groups in total. The minimum absolute atomic E-state index is 0.368. The third kappa shape index (κ3) is 2.09. The third-order valence-corrected chi connectivity index (χ3v) is 3.39. The second-order valence-electron chi connectivity index (χ2n) is 4.56. The lowest BCUT2D eigenvalue weighted by Gasteiger charge is -2.21. The van der Waals surface area contributed by atoms with Gasteiger partial charge in [0.2, 0.25) is 6.23 Å². The first-order valence-electron chi connectivity index (χ1n) is 5.86. The summed E-state index contributed by atoms with van der Waals surface area (Å²) in [6, 6.07) is 0. The van der Waals surface area contributed by atoms with Gasteiger partial charge >= 0.3 is 5.69 Å². The summed E-state index contributed by atoms with van der Waals surface area (Å²) in [6.45, 7) is 3.03. The molecule has 1 aliphatic heterocycles. The summed E-state index contributed by atoms with van der Waals surface area (Å²) < 4.78 is 47.1. The molecule has 106 valence electrons. The van der Waals surface area contributed by atoms with Crippen LogP contribution in [-0.4, -0.2) is 21.6 Å². The number of nitrogens with two attached hydrogens (primary N) is 1.